The number of nitrogens with one attached hydrogen (secondary N) is 1. The Balaban J connectivity index is 1.59. The molecule has 0 aliphatic heterocycles. The number of aromatic nitrogens is 5. The highest BCUT2D eigenvalue weighted by atomic mass is 15.3. The van der Waals surface area contributed by atoms with Gasteiger partial charge in [0.25, 0.3) is 0 Å². The van der Waals surface area contributed by atoms with Crippen molar-refractivity contribution in [1.29, 1.82) is 0 Å². The van der Waals surface area contributed by atoms with Crippen LogP contribution in [0.1, 0.15) is 5.69 Å². The van der Waals surface area contributed by atoms with Crippen LogP contribution in [-0.2, 0) is 6.42 Å². The molecular formula is C17H16N6. The molecule has 0 saturated carbocycles. The highest BCUT2D eigenvalue weighted by Gasteiger charge is 2.11. The zero-order valence-corrected chi connectivity index (χ0v) is 12.8. The first-order chi connectivity index (χ1) is 11.3. The van der Waals surface area contributed by atoms with Crippen LogP contribution >= 0.6 is 0 Å². The number of anilines is 1. The Morgan fingerprint density at radius 2 is 1.91 bits per heavy atom. The largest absolute Gasteiger partial charge is 0.342 e. The third-order valence-electron chi connectivity index (χ3n) is 3.88. The molecule has 0 aliphatic carbocycles. The molecule has 0 radical (unpaired) electrons. The van der Waals surface area contributed by atoms with Crippen LogP contribution in [0.5, 0.6) is 0 Å². The van der Waals surface area contributed by atoms with Gasteiger partial charge in [-0.2, -0.15) is 4.98 Å². The normalized spacial score (nSPS) is 11.2. The quantitative estimate of drug-likeness (QED) is 0.627. The number of hydrogen-bond donors (Lipinski definition) is 1. The third-order valence-corrected chi connectivity index (χ3v) is 3.88. The lowest BCUT2D eigenvalue weighted by atomic mass is 10.2. The number of para-hydroxylation sites is 1. The van der Waals surface area contributed by atoms with Crippen molar-refractivity contribution in [1.82, 2.24) is 25.1 Å². The lowest BCUT2D eigenvalue weighted by Gasteiger charge is -2.15. The van der Waals surface area contributed by atoms with Gasteiger partial charge in [-0.25, -0.2) is 0 Å². The Labute approximate surface area is 133 Å². The van der Waals surface area contributed by atoms with Crippen molar-refractivity contribution in [2.75, 3.05) is 18.5 Å². The maximum atomic E-state index is 4.60. The van der Waals surface area contributed by atoms with Gasteiger partial charge in [0.15, 0.2) is 5.65 Å². The minimum atomic E-state index is 0.611. The first-order valence-electron chi connectivity index (χ1n) is 7.53. The van der Waals surface area contributed by atoms with Crippen LogP contribution in [0.2, 0.25) is 0 Å². The minimum Gasteiger partial charge on any atom is -0.342 e. The second-order valence-corrected chi connectivity index (χ2v) is 5.47. The summed E-state index contributed by atoms with van der Waals surface area (Å²) in [6.07, 6.45) is 2.65. The van der Waals surface area contributed by atoms with E-state index in [-0.39, 0.29) is 0 Å². The molecule has 3 aromatic heterocycles. The zero-order valence-electron chi connectivity index (χ0n) is 12.8. The number of hydrogen-bond acceptors (Lipinski definition) is 5. The van der Waals surface area contributed by atoms with Crippen LogP contribution < -0.4 is 4.90 Å². The fraction of sp³-hybridized carbons (Fsp3) is 0.176. The van der Waals surface area contributed by atoms with Crippen molar-refractivity contribution in [3.05, 3.63) is 54.4 Å². The van der Waals surface area contributed by atoms with E-state index in [0.717, 1.165) is 40.7 Å². The number of aromatic amines is 1. The Bertz CT molecular complexity index is 947. The maximum Gasteiger partial charge on any atom is 0.247 e. The molecule has 4 aromatic rings. The average Bonchev–Trinajstić information content (AvgIpc) is 2.98. The second-order valence-electron chi connectivity index (χ2n) is 5.47. The smallest absolute Gasteiger partial charge is 0.247 e. The first-order valence-corrected chi connectivity index (χ1v) is 7.53. The van der Waals surface area contributed by atoms with E-state index in [1.165, 1.54) is 0 Å². The molecule has 0 aliphatic rings. The lowest BCUT2D eigenvalue weighted by Crippen LogP contribution is -2.23. The van der Waals surface area contributed by atoms with E-state index in [2.05, 4.69) is 25.1 Å². The van der Waals surface area contributed by atoms with Crippen molar-refractivity contribution >= 4 is 28.0 Å². The van der Waals surface area contributed by atoms with E-state index in [4.69, 9.17) is 0 Å². The van der Waals surface area contributed by atoms with Crippen molar-refractivity contribution < 1.29 is 0 Å². The Morgan fingerprint density at radius 3 is 2.78 bits per heavy atom. The Morgan fingerprint density at radius 1 is 1.04 bits per heavy atom. The molecule has 0 saturated heterocycles. The topological polar surface area (TPSA) is 70.6 Å². The van der Waals surface area contributed by atoms with Gasteiger partial charge in [-0.1, -0.05) is 24.3 Å². The summed E-state index contributed by atoms with van der Waals surface area (Å²) in [5, 5.41) is 9.66. The van der Waals surface area contributed by atoms with Gasteiger partial charge in [0.05, 0.1) is 0 Å². The second kappa shape index (κ2) is 5.64. The number of benzene rings is 1. The number of fused-ring (bicyclic) bond motifs is 3. The van der Waals surface area contributed by atoms with E-state index >= 15 is 0 Å². The summed E-state index contributed by atoms with van der Waals surface area (Å²) in [5.41, 5.74) is 3.65. The highest BCUT2D eigenvalue weighted by molar-refractivity contribution is 6.03. The maximum absolute atomic E-state index is 4.60. The molecule has 6 heteroatoms. The standard InChI is InChI=1S/C17H16N6/c1-23(11-9-12-6-4-5-10-18-12)17-20-16-15(21-22-17)13-7-2-3-8-14(13)19-16/h2-8,10H,9,11H2,1H3,(H,19,20,22). The SMILES string of the molecule is CN(CCc1ccccn1)c1nnc2c(n1)[nH]c1ccccc12. The predicted molar refractivity (Wildman–Crippen MR) is 90.4 cm³/mol. The van der Waals surface area contributed by atoms with Gasteiger partial charge in [0.1, 0.15) is 5.52 Å². The van der Waals surface area contributed by atoms with E-state index in [9.17, 15) is 0 Å². The molecule has 0 fully saturated rings. The molecule has 3 heterocycles. The molecule has 23 heavy (non-hydrogen) atoms. The van der Waals surface area contributed by atoms with Gasteiger partial charge in [-0.3, -0.25) is 4.98 Å². The minimum absolute atomic E-state index is 0.611. The first kappa shape index (κ1) is 13.6. The van der Waals surface area contributed by atoms with Crippen LogP contribution in [0.4, 0.5) is 5.95 Å². The van der Waals surface area contributed by atoms with Crippen molar-refractivity contribution in [2.45, 2.75) is 6.42 Å². The van der Waals surface area contributed by atoms with Gasteiger partial charge in [-0.15, -0.1) is 10.2 Å². The fourth-order valence-corrected chi connectivity index (χ4v) is 2.60. The molecule has 0 amide bonds. The Hall–Kier alpha value is -3.02. The van der Waals surface area contributed by atoms with Gasteiger partial charge < -0.3 is 9.88 Å². The number of likely N-dealkylation sites (N-methyl/N-ethyl adjacent to an activating group) is 1. The van der Waals surface area contributed by atoms with Crippen molar-refractivity contribution in [3.63, 3.8) is 0 Å². The van der Waals surface area contributed by atoms with E-state index < -0.39 is 0 Å². The molecular weight excluding hydrogens is 288 g/mol. The number of nitrogens with zero attached hydrogens (tertiary/aromatic N) is 5. The predicted octanol–water partition coefficient (Wildman–Crippen LogP) is 2.58. The molecule has 0 unspecified atom stereocenters. The lowest BCUT2D eigenvalue weighted by molar-refractivity contribution is 0.808. The van der Waals surface area contributed by atoms with Crippen LogP contribution in [0.25, 0.3) is 22.1 Å². The molecule has 1 aromatic carbocycles. The summed E-state index contributed by atoms with van der Waals surface area (Å²) in [7, 11) is 1.97. The summed E-state index contributed by atoms with van der Waals surface area (Å²) in [6, 6.07) is 14.0. The fourth-order valence-electron chi connectivity index (χ4n) is 2.60. The monoisotopic (exact) mass is 304 g/mol. The zero-order chi connectivity index (χ0) is 15.6. The van der Waals surface area contributed by atoms with Crippen LogP contribution in [0, 0.1) is 0 Å². The highest BCUT2D eigenvalue weighted by Crippen LogP contribution is 2.22. The van der Waals surface area contributed by atoms with E-state index in [1.807, 2.05) is 60.6 Å². The summed E-state index contributed by atoms with van der Waals surface area (Å²) < 4.78 is 0. The number of rotatable bonds is 4. The summed E-state index contributed by atoms with van der Waals surface area (Å²) >= 11 is 0. The Kier molecular flexibility index (Phi) is 3.34. The third kappa shape index (κ3) is 2.59. The molecule has 114 valence electrons. The van der Waals surface area contributed by atoms with E-state index in [1.54, 1.807) is 0 Å². The van der Waals surface area contributed by atoms with Gasteiger partial charge in [-0.05, 0) is 18.2 Å². The molecule has 4 rings (SSSR count). The van der Waals surface area contributed by atoms with Crippen LogP contribution in [0.3, 0.4) is 0 Å². The molecule has 6 nitrogen and oxygen atoms in total. The van der Waals surface area contributed by atoms with Gasteiger partial charge >= 0.3 is 0 Å². The molecule has 0 atom stereocenters. The number of pyridine rings is 1. The van der Waals surface area contributed by atoms with Crippen LogP contribution in [-0.4, -0.2) is 38.7 Å². The van der Waals surface area contributed by atoms with E-state index in [0.29, 0.717) is 5.95 Å². The molecule has 0 spiro atoms. The van der Waals surface area contributed by atoms with Crippen molar-refractivity contribution in [3.8, 4) is 0 Å². The van der Waals surface area contributed by atoms with Gasteiger partial charge in [0.2, 0.25) is 5.95 Å². The summed E-state index contributed by atoms with van der Waals surface area (Å²) in [5.74, 6) is 0.611. The summed E-state index contributed by atoms with van der Waals surface area (Å²) in [4.78, 5) is 14.2. The number of H-pyrrole nitrogens is 1. The average molecular weight is 304 g/mol. The van der Waals surface area contributed by atoms with Gasteiger partial charge in [0, 0.05) is 42.8 Å². The molecule has 0 bridgehead atoms. The molecule has 1 N–H and O–H groups in total. The van der Waals surface area contributed by atoms with Crippen LogP contribution in [0.15, 0.2) is 48.7 Å². The van der Waals surface area contributed by atoms with Crippen molar-refractivity contribution in [2.24, 2.45) is 0 Å². The summed E-state index contributed by atoms with van der Waals surface area (Å²) in [6.45, 7) is 0.782.